The van der Waals surface area contributed by atoms with Gasteiger partial charge in [-0.1, -0.05) is 35.3 Å². The SMILES string of the molecule is Cc1cccc(NS(=O)(=O)c2cc(C(=O)Nc3ccc(F)cc3)c(Cl)cc2Cl)c1. The number of hydrogen-bond donors (Lipinski definition) is 2. The molecule has 0 saturated carbocycles. The van der Waals surface area contributed by atoms with Gasteiger partial charge in [0, 0.05) is 11.4 Å². The number of sulfonamides is 1. The standard InChI is InChI=1S/C20H15Cl2FN2O3S/c1-12-3-2-4-15(9-12)25-29(27,28)19-10-16(17(21)11-18(19)22)20(26)24-14-7-5-13(23)6-8-14/h2-11,25H,1H3,(H,24,26). The molecule has 150 valence electrons. The van der Waals surface area contributed by atoms with Gasteiger partial charge in [-0.3, -0.25) is 9.52 Å². The maximum atomic E-state index is 13.0. The van der Waals surface area contributed by atoms with Crippen LogP contribution in [0.3, 0.4) is 0 Å². The summed E-state index contributed by atoms with van der Waals surface area (Å²) in [6.07, 6.45) is 0. The molecule has 0 aliphatic heterocycles. The van der Waals surface area contributed by atoms with Crippen LogP contribution in [0.1, 0.15) is 15.9 Å². The third-order valence-corrected chi connectivity index (χ3v) is 6.09. The van der Waals surface area contributed by atoms with Crippen LogP contribution in [0.15, 0.2) is 65.6 Å². The molecule has 0 unspecified atom stereocenters. The van der Waals surface area contributed by atoms with Crippen molar-refractivity contribution in [2.24, 2.45) is 0 Å². The summed E-state index contributed by atoms with van der Waals surface area (Å²) < 4.78 is 41.1. The van der Waals surface area contributed by atoms with Crippen LogP contribution in [0.25, 0.3) is 0 Å². The fraction of sp³-hybridized carbons (Fsp3) is 0.0500. The highest BCUT2D eigenvalue weighted by molar-refractivity contribution is 7.92. The van der Waals surface area contributed by atoms with Crippen LogP contribution in [-0.2, 0) is 10.0 Å². The molecular formula is C20H15Cl2FN2O3S. The molecule has 0 atom stereocenters. The number of carbonyl (C=O) groups is 1. The minimum absolute atomic E-state index is 0.0240. The molecule has 0 radical (unpaired) electrons. The van der Waals surface area contributed by atoms with Gasteiger partial charge in [0.2, 0.25) is 0 Å². The van der Waals surface area contributed by atoms with Crippen molar-refractivity contribution in [1.82, 2.24) is 0 Å². The van der Waals surface area contributed by atoms with E-state index in [-0.39, 0.29) is 20.5 Å². The third kappa shape index (κ3) is 5.06. The molecule has 0 fully saturated rings. The first-order valence-corrected chi connectivity index (χ1v) is 10.5. The Morgan fingerprint density at radius 1 is 0.931 bits per heavy atom. The van der Waals surface area contributed by atoms with Gasteiger partial charge in [0.15, 0.2) is 0 Å². The van der Waals surface area contributed by atoms with Crippen LogP contribution >= 0.6 is 23.2 Å². The molecular weight excluding hydrogens is 438 g/mol. The average Bonchev–Trinajstić information content (AvgIpc) is 2.63. The molecule has 9 heteroatoms. The monoisotopic (exact) mass is 452 g/mol. The van der Waals surface area contributed by atoms with E-state index in [1.807, 2.05) is 13.0 Å². The Bertz CT molecular complexity index is 1180. The summed E-state index contributed by atoms with van der Waals surface area (Å²) in [5, 5.41) is 2.38. The molecule has 29 heavy (non-hydrogen) atoms. The number of hydrogen-bond acceptors (Lipinski definition) is 3. The molecule has 3 rings (SSSR count). The van der Waals surface area contributed by atoms with E-state index in [4.69, 9.17) is 23.2 Å². The minimum atomic E-state index is -4.08. The highest BCUT2D eigenvalue weighted by Crippen LogP contribution is 2.30. The van der Waals surface area contributed by atoms with Crippen LogP contribution < -0.4 is 10.0 Å². The molecule has 5 nitrogen and oxygen atoms in total. The van der Waals surface area contributed by atoms with Crippen molar-refractivity contribution in [3.63, 3.8) is 0 Å². The summed E-state index contributed by atoms with van der Waals surface area (Å²) >= 11 is 12.2. The number of aryl methyl sites for hydroxylation is 1. The molecule has 0 aliphatic rings. The van der Waals surface area contributed by atoms with Crippen LogP contribution in [0.4, 0.5) is 15.8 Å². The fourth-order valence-corrected chi connectivity index (χ4v) is 4.47. The van der Waals surface area contributed by atoms with E-state index in [2.05, 4.69) is 10.0 Å². The Morgan fingerprint density at radius 3 is 2.28 bits per heavy atom. The number of anilines is 2. The summed E-state index contributed by atoms with van der Waals surface area (Å²) in [7, 11) is -4.08. The molecule has 0 bridgehead atoms. The van der Waals surface area contributed by atoms with Gasteiger partial charge in [-0.2, -0.15) is 0 Å². The third-order valence-electron chi connectivity index (χ3n) is 3.93. The number of halogens is 3. The lowest BCUT2D eigenvalue weighted by Gasteiger charge is -2.13. The maximum absolute atomic E-state index is 13.0. The smallest absolute Gasteiger partial charge is 0.263 e. The summed E-state index contributed by atoms with van der Waals surface area (Å²) in [6, 6.07) is 14.2. The molecule has 0 aliphatic carbocycles. The van der Waals surface area contributed by atoms with Gasteiger partial charge in [-0.25, -0.2) is 12.8 Å². The molecule has 3 aromatic rings. The number of carbonyl (C=O) groups excluding carboxylic acids is 1. The zero-order valence-electron chi connectivity index (χ0n) is 15.0. The molecule has 0 saturated heterocycles. The van der Waals surface area contributed by atoms with Gasteiger partial charge in [-0.15, -0.1) is 0 Å². The zero-order chi connectivity index (χ0) is 21.2. The molecule has 1 amide bonds. The molecule has 2 N–H and O–H groups in total. The molecule has 3 aromatic carbocycles. The first-order chi connectivity index (χ1) is 13.7. The summed E-state index contributed by atoms with van der Waals surface area (Å²) in [5.74, 6) is -1.12. The van der Waals surface area contributed by atoms with Crippen molar-refractivity contribution in [2.75, 3.05) is 10.0 Å². The van der Waals surface area contributed by atoms with E-state index in [1.54, 1.807) is 18.2 Å². The largest absolute Gasteiger partial charge is 0.322 e. The Balaban J connectivity index is 1.94. The molecule has 0 spiro atoms. The van der Waals surface area contributed by atoms with Crippen LogP contribution in [-0.4, -0.2) is 14.3 Å². The number of nitrogens with one attached hydrogen (secondary N) is 2. The van der Waals surface area contributed by atoms with Crippen molar-refractivity contribution in [3.8, 4) is 0 Å². The quantitative estimate of drug-likeness (QED) is 0.536. The molecule has 0 aromatic heterocycles. The van der Waals surface area contributed by atoms with Crippen LogP contribution in [0.5, 0.6) is 0 Å². The second kappa shape index (κ2) is 8.41. The second-order valence-corrected chi connectivity index (χ2v) is 8.66. The highest BCUT2D eigenvalue weighted by Gasteiger charge is 2.23. The topological polar surface area (TPSA) is 75.3 Å². The van der Waals surface area contributed by atoms with Gasteiger partial charge < -0.3 is 5.32 Å². The second-order valence-electron chi connectivity index (χ2n) is 6.20. The summed E-state index contributed by atoms with van der Waals surface area (Å²) in [5.41, 5.74) is 1.45. The minimum Gasteiger partial charge on any atom is -0.322 e. The van der Waals surface area contributed by atoms with Gasteiger partial charge in [0.1, 0.15) is 10.7 Å². The van der Waals surface area contributed by atoms with E-state index >= 15 is 0 Å². The number of amides is 1. The lowest BCUT2D eigenvalue weighted by Crippen LogP contribution is -2.17. The van der Waals surface area contributed by atoms with E-state index in [0.717, 1.165) is 11.6 Å². The van der Waals surface area contributed by atoms with E-state index < -0.39 is 21.7 Å². The first kappa shape index (κ1) is 21.1. The number of benzene rings is 3. The van der Waals surface area contributed by atoms with Crippen molar-refractivity contribution in [3.05, 3.63) is 87.7 Å². The highest BCUT2D eigenvalue weighted by atomic mass is 35.5. The Morgan fingerprint density at radius 2 is 1.62 bits per heavy atom. The van der Waals surface area contributed by atoms with E-state index in [1.165, 1.54) is 30.3 Å². The normalized spacial score (nSPS) is 11.2. The predicted molar refractivity (Wildman–Crippen MR) is 113 cm³/mol. The van der Waals surface area contributed by atoms with Crippen molar-refractivity contribution in [2.45, 2.75) is 11.8 Å². The number of rotatable bonds is 5. The Kier molecular flexibility index (Phi) is 6.12. The van der Waals surface area contributed by atoms with Crippen LogP contribution in [0.2, 0.25) is 10.0 Å². The first-order valence-electron chi connectivity index (χ1n) is 8.31. The lowest BCUT2D eigenvalue weighted by atomic mass is 10.2. The lowest BCUT2D eigenvalue weighted by molar-refractivity contribution is 0.102. The van der Waals surface area contributed by atoms with Gasteiger partial charge in [0.25, 0.3) is 15.9 Å². The zero-order valence-corrected chi connectivity index (χ0v) is 17.4. The van der Waals surface area contributed by atoms with E-state index in [0.29, 0.717) is 11.4 Å². The van der Waals surface area contributed by atoms with Gasteiger partial charge in [-0.05, 0) is 61.0 Å². The van der Waals surface area contributed by atoms with E-state index in [9.17, 15) is 17.6 Å². The Hall–Kier alpha value is -2.61. The van der Waals surface area contributed by atoms with Gasteiger partial charge in [0.05, 0.1) is 15.6 Å². The Labute approximate surface area is 177 Å². The summed E-state index contributed by atoms with van der Waals surface area (Å²) in [4.78, 5) is 12.3. The predicted octanol–water partition coefficient (Wildman–Crippen LogP) is 5.49. The van der Waals surface area contributed by atoms with Crippen molar-refractivity contribution in [1.29, 1.82) is 0 Å². The van der Waals surface area contributed by atoms with Crippen molar-refractivity contribution < 1.29 is 17.6 Å². The average molecular weight is 453 g/mol. The summed E-state index contributed by atoms with van der Waals surface area (Å²) in [6.45, 7) is 1.82. The van der Waals surface area contributed by atoms with Crippen molar-refractivity contribution >= 4 is 50.5 Å². The maximum Gasteiger partial charge on any atom is 0.263 e. The van der Waals surface area contributed by atoms with Crippen LogP contribution in [0, 0.1) is 12.7 Å². The fourth-order valence-electron chi connectivity index (χ4n) is 2.56. The van der Waals surface area contributed by atoms with Gasteiger partial charge >= 0.3 is 0 Å². The molecule has 0 heterocycles.